The summed E-state index contributed by atoms with van der Waals surface area (Å²) in [6.07, 6.45) is 0.699. The van der Waals surface area contributed by atoms with E-state index in [9.17, 15) is 20.0 Å². The fraction of sp³-hybridized carbons (Fsp3) is 0.364. The van der Waals surface area contributed by atoms with E-state index in [1.165, 1.54) is 12.1 Å². The third-order valence-corrected chi connectivity index (χ3v) is 2.50. The molecule has 0 bridgehead atoms. The molecule has 2 N–H and O–H groups in total. The quantitative estimate of drug-likeness (QED) is 0.621. The molecule has 1 amide bonds. The maximum Gasteiger partial charge on any atom is 0.310 e. The van der Waals surface area contributed by atoms with E-state index < -0.39 is 10.7 Å². The first kappa shape index (κ1) is 13.0. The highest BCUT2D eigenvalue weighted by Gasteiger charge is 2.15. The highest BCUT2D eigenvalue weighted by Crippen LogP contribution is 2.28. The Labute approximate surface area is 98.4 Å². The summed E-state index contributed by atoms with van der Waals surface area (Å²) in [6, 6.07) is 3.71. The van der Waals surface area contributed by atoms with Gasteiger partial charge in [-0.25, -0.2) is 0 Å². The minimum atomic E-state index is -0.685. The molecule has 0 saturated carbocycles. The Bertz CT molecular complexity index is 445. The Morgan fingerprint density at radius 1 is 1.59 bits per heavy atom. The van der Waals surface area contributed by atoms with Crippen molar-refractivity contribution in [3.8, 4) is 5.75 Å². The van der Waals surface area contributed by atoms with Gasteiger partial charge in [0, 0.05) is 23.7 Å². The van der Waals surface area contributed by atoms with Gasteiger partial charge in [-0.3, -0.25) is 14.9 Å². The monoisotopic (exact) mass is 238 g/mol. The number of amides is 1. The van der Waals surface area contributed by atoms with E-state index in [0.717, 1.165) is 6.07 Å². The number of hydrogen-bond acceptors (Lipinski definition) is 4. The number of nitrogens with zero attached hydrogens (tertiary/aromatic N) is 1. The molecule has 1 aromatic carbocycles. The van der Waals surface area contributed by atoms with E-state index in [-0.39, 0.29) is 17.5 Å². The van der Waals surface area contributed by atoms with Crippen LogP contribution in [-0.4, -0.2) is 15.9 Å². The molecule has 0 aliphatic rings. The Morgan fingerprint density at radius 2 is 2.24 bits per heavy atom. The number of aromatic hydroxyl groups is 1. The van der Waals surface area contributed by atoms with Gasteiger partial charge in [-0.1, -0.05) is 13.8 Å². The zero-order chi connectivity index (χ0) is 13.0. The van der Waals surface area contributed by atoms with Crippen LogP contribution in [0.3, 0.4) is 0 Å². The largest absolute Gasteiger partial charge is 0.502 e. The third kappa shape index (κ3) is 3.17. The molecule has 6 nitrogen and oxygen atoms in total. The van der Waals surface area contributed by atoms with Gasteiger partial charge in [-0.05, 0) is 12.5 Å². The molecule has 1 aromatic rings. The van der Waals surface area contributed by atoms with Gasteiger partial charge in [0.1, 0.15) is 0 Å². The summed E-state index contributed by atoms with van der Waals surface area (Å²) in [7, 11) is 0. The van der Waals surface area contributed by atoms with Crippen molar-refractivity contribution in [3.63, 3.8) is 0 Å². The van der Waals surface area contributed by atoms with E-state index in [4.69, 9.17) is 0 Å². The molecule has 0 saturated heterocycles. The van der Waals surface area contributed by atoms with Crippen LogP contribution < -0.4 is 5.32 Å². The van der Waals surface area contributed by atoms with E-state index in [1.807, 2.05) is 6.92 Å². The first-order valence-corrected chi connectivity index (χ1v) is 5.24. The van der Waals surface area contributed by atoms with Crippen molar-refractivity contribution in [2.75, 3.05) is 5.32 Å². The molecule has 1 atom stereocenters. The van der Waals surface area contributed by atoms with Crippen LogP contribution in [0.15, 0.2) is 18.2 Å². The van der Waals surface area contributed by atoms with Crippen molar-refractivity contribution in [1.82, 2.24) is 0 Å². The van der Waals surface area contributed by atoms with Crippen LogP contribution in [0.2, 0.25) is 0 Å². The SMILES string of the molecule is CCC(C)C(=O)Nc1ccc([N+](=O)[O-])c(O)c1. The molecule has 0 spiro atoms. The van der Waals surface area contributed by atoms with Crippen molar-refractivity contribution in [1.29, 1.82) is 0 Å². The zero-order valence-electron chi connectivity index (χ0n) is 9.64. The Balaban J connectivity index is 2.84. The van der Waals surface area contributed by atoms with Gasteiger partial charge in [-0.15, -0.1) is 0 Å². The van der Waals surface area contributed by atoms with E-state index in [1.54, 1.807) is 6.92 Å². The number of benzene rings is 1. The average Bonchev–Trinajstić information content (AvgIpc) is 2.27. The molecule has 92 valence electrons. The zero-order valence-corrected chi connectivity index (χ0v) is 9.64. The normalized spacial score (nSPS) is 11.9. The average molecular weight is 238 g/mol. The lowest BCUT2D eigenvalue weighted by Crippen LogP contribution is -2.19. The second-order valence-electron chi connectivity index (χ2n) is 3.76. The first-order chi connectivity index (χ1) is 7.95. The number of phenols is 1. The van der Waals surface area contributed by atoms with Gasteiger partial charge in [0.05, 0.1) is 4.92 Å². The molecule has 0 radical (unpaired) electrons. The summed E-state index contributed by atoms with van der Waals surface area (Å²) in [4.78, 5) is 21.3. The molecule has 1 rings (SSSR count). The lowest BCUT2D eigenvalue weighted by Gasteiger charge is -2.09. The second kappa shape index (κ2) is 5.29. The van der Waals surface area contributed by atoms with Gasteiger partial charge < -0.3 is 10.4 Å². The maximum absolute atomic E-state index is 11.5. The maximum atomic E-state index is 11.5. The minimum absolute atomic E-state index is 0.146. The Hall–Kier alpha value is -2.11. The molecule has 17 heavy (non-hydrogen) atoms. The number of nitro benzene ring substituents is 1. The summed E-state index contributed by atoms with van der Waals surface area (Å²) in [6.45, 7) is 3.66. The standard InChI is InChI=1S/C11H14N2O4/c1-3-7(2)11(15)12-8-4-5-9(13(16)17)10(14)6-8/h4-7,14H,3H2,1-2H3,(H,12,15). The molecule has 0 aromatic heterocycles. The van der Waals surface area contributed by atoms with Gasteiger partial charge in [0.25, 0.3) is 0 Å². The van der Waals surface area contributed by atoms with Crippen LogP contribution in [0.5, 0.6) is 5.75 Å². The second-order valence-corrected chi connectivity index (χ2v) is 3.76. The minimum Gasteiger partial charge on any atom is -0.502 e. The fourth-order valence-corrected chi connectivity index (χ4v) is 1.21. The lowest BCUT2D eigenvalue weighted by atomic mass is 10.1. The van der Waals surface area contributed by atoms with E-state index in [0.29, 0.717) is 12.1 Å². The van der Waals surface area contributed by atoms with Crippen LogP contribution in [0, 0.1) is 16.0 Å². The van der Waals surface area contributed by atoms with Gasteiger partial charge >= 0.3 is 5.69 Å². The van der Waals surface area contributed by atoms with E-state index in [2.05, 4.69) is 5.32 Å². The number of nitro groups is 1. The predicted molar refractivity (Wildman–Crippen MR) is 62.8 cm³/mol. The summed E-state index contributed by atoms with van der Waals surface area (Å²) >= 11 is 0. The predicted octanol–water partition coefficient (Wildman–Crippen LogP) is 2.29. The number of carbonyl (C=O) groups is 1. The van der Waals surface area contributed by atoms with Crippen molar-refractivity contribution in [2.45, 2.75) is 20.3 Å². The van der Waals surface area contributed by atoms with Gasteiger partial charge in [-0.2, -0.15) is 0 Å². The summed E-state index contributed by atoms with van der Waals surface area (Å²) in [5.74, 6) is -0.787. The van der Waals surface area contributed by atoms with Crippen LogP contribution in [-0.2, 0) is 4.79 Å². The molecule has 0 aliphatic heterocycles. The van der Waals surface area contributed by atoms with Crippen molar-refractivity contribution in [3.05, 3.63) is 28.3 Å². The third-order valence-electron chi connectivity index (χ3n) is 2.50. The highest BCUT2D eigenvalue weighted by atomic mass is 16.6. The molecular weight excluding hydrogens is 224 g/mol. The number of nitrogens with one attached hydrogen (secondary N) is 1. The van der Waals surface area contributed by atoms with Crippen molar-refractivity contribution < 1.29 is 14.8 Å². The first-order valence-electron chi connectivity index (χ1n) is 5.24. The number of rotatable bonds is 4. The van der Waals surface area contributed by atoms with Gasteiger partial charge in [0.2, 0.25) is 5.91 Å². The topological polar surface area (TPSA) is 92.5 Å². The molecule has 0 heterocycles. The summed E-state index contributed by atoms with van der Waals surface area (Å²) in [5.41, 5.74) is -0.0371. The highest BCUT2D eigenvalue weighted by molar-refractivity contribution is 5.92. The molecule has 1 unspecified atom stereocenters. The van der Waals surface area contributed by atoms with Gasteiger partial charge in [0.15, 0.2) is 5.75 Å². The smallest absolute Gasteiger partial charge is 0.310 e. The molecule has 6 heteroatoms. The summed E-state index contributed by atoms with van der Waals surface area (Å²) < 4.78 is 0. The van der Waals surface area contributed by atoms with Crippen LogP contribution in [0.4, 0.5) is 11.4 Å². The van der Waals surface area contributed by atoms with Crippen LogP contribution in [0.1, 0.15) is 20.3 Å². The molecular formula is C11H14N2O4. The Kier molecular flexibility index (Phi) is 4.03. The Morgan fingerprint density at radius 3 is 2.71 bits per heavy atom. The van der Waals surface area contributed by atoms with Crippen LogP contribution in [0.25, 0.3) is 0 Å². The lowest BCUT2D eigenvalue weighted by molar-refractivity contribution is -0.385. The van der Waals surface area contributed by atoms with Crippen LogP contribution >= 0.6 is 0 Å². The molecule has 0 fully saturated rings. The number of phenolic OH excluding ortho intramolecular Hbond substituents is 1. The molecule has 0 aliphatic carbocycles. The van der Waals surface area contributed by atoms with Crippen molar-refractivity contribution >= 4 is 17.3 Å². The number of anilines is 1. The van der Waals surface area contributed by atoms with E-state index >= 15 is 0 Å². The summed E-state index contributed by atoms with van der Waals surface area (Å²) in [5, 5.41) is 22.4. The number of hydrogen-bond donors (Lipinski definition) is 2. The van der Waals surface area contributed by atoms with Crippen molar-refractivity contribution in [2.24, 2.45) is 5.92 Å². The fourth-order valence-electron chi connectivity index (χ4n) is 1.21. The number of carbonyl (C=O) groups excluding carboxylic acids is 1.